The van der Waals surface area contributed by atoms with Gasteiger partial charge in [-0.2, -0.15) is 0 Å². The van der Waals surface area contributed by atoms with E-state index in [1.54, 1.807) is 0 Å². The monoisotopic (exact) mass is 480 g/mol. The van der Waals surface area contributed by atoms with E-state index in [9.17, 15) is 4.79 Å². The SMILES string of the molecule is CCCCCCCCCC/C=C\CCCCCCCCOC(=O)OCCCCCCCC(C)C. The molecular weight excluding hydrogens is 420 g/mol. The molecule has 0 heterocycles. The van der Waals surface area contributed by atoms with E-state index in [0.29, 0.717) is 13.2 Å². The topological polar surface area (TPSA) is 35.5 Å². The maximum absolute atomic E-state index is 11.6. The Morgan fingerprint density at radius 2 is 0.941 bits per heavy atom. The second-order valence-corrected chi connectivity index (χ2v) is 10.5. The van der Waals surface area contributed by atoms with E-state index >= 15 is 0 Å². The van der Waals surface area contributed by atoms with Gasteiger partial charge < -0.3 is 9.47 Å². The van der Waals surface area contributed by atoms with Crippen LogP contribution in [0.15, 0.2) is 12.2 Å². The van der Waals surface area contributed by atoms with E-state index in [1.807, 2.05) is 0 Å². The summed E-state index contributed by atoms with van der Waals surface area (Å²) < 4.78 is 10.3. The lowest BCUT2D eigenvalue weighted by Crippen LogP contribution is -2.09. The van der Waals surface area contributed by atoms with E-state index in [2.05, 4.69) is 32.9 Å². The number of carbonyl (C=O) groups excluding carboxylic acids is 1. The Hall–Kier alpha value is -0.990. The number of carbonyl (C=O) groups is 1. The lowest BCUT2D eigenvalue weighted by molar-refractivity contribution is 0.0529. The summed E-state index contributed by atoms with van der Waals surface area (Å²) in [4.78, 5) is 11.6. The van der Waals surface area contributed by atoms with Gasteiger partial charge in [0.25, 0.3) is 0 Å². The number of ether oxygens (including phenoxy) is 2. The Morgan fingerprint density at radius 3 is 1.38 bits per heavy atom. The van der Waals surface area contributed by atoms with Gasteiger partial charge in [0.15, 0.2) is 0 Å². The molecule has 0 aliphatic carbocycles. The van der Waals surface area contributed by atoms with E-state index < -0.39 is 6.16 Å². The van der Waals surface area contributed by atoms with Crippen molar-refractivity contribution in [2.45, 2.75) is 162 Å². The fourth-order valence-corrected chi connectivity index (χ4v) is 4.24. The molecular formula is C31H60O3. The third kappa shape index (κ3) is 29.0. The van der Waals surface area contributed by atoms with Crippen LogP contribution >= 0.6 is 0 Å². The van der Waals surface area contributed by atoms with Gasteiger partial charge in [-0.3, -0.25) is 0 Å². The van der Waals surface area contributed by atoms with Gasteiger partial charge in [0.1, 0.15) is 0 Å². The summed E-state index contributed by atoms with van der Waals surface area (Å²) in [6.07, 6.45) is 32.5. The lowest BCUT2D eigenvalue weighted by Gasteiger charge is -2.07. The Balaban J connectivity index is 3.20. The minimum absolute atomic E-state index is 0.487. The van der Waals surface area contributed by atoms with Crippen LogP contribution in [0.2, 0.25) is 0 Å². The molecule has 0 spiro atoms. The molecule has 34 heavy (non-hydrogen) atoms. The molecule has 0 aromatic heterocycles. The van der Waals surface area contributed by atoms with Gasteiger partial charge in [-0.25, -0.2) is 4.79 Å². The first-order chi connectivity index (χ1) is 16.7. The molecule has 0 saturated carbocycles. The first-order valence-corrected chi connectivity index (χ1v) is 15.1. The molecule has 0 aliphatic heterocycles. The zero-order chi connectivity index (χ0) is 25.0. The van der Waals surface area contributed by atoms with Crippen LogP contribution in [0.1, 0.15) is 162 Å². The Labute approximate surface area is 213 Å². The van der Waals surface area contributed by atoms with Crippen LogP contribution in [0.4, 0.5) is 4.79 Å². The molecule has 0 fully saturated rings. The highest BCUT2D eigenvalue weighted by Gasteiger charge is 2.03. The van der Waals surface area contributed by atoms with Crippen LogP contribution in [-0.4, -0.2) is 19.4 Å². The first-order valence-electron chi connectivity index (χ1n) is 15.1. The van der Waals surface area contributed by atoms with Crippen LogP contribution < -0.4 is 0 Å². The fraction of sp³-hybridized carbons (Fsp3) is 0.903. The standard InChI is InChI=1S/C31H60O3/c1-4-5-6-7-8-9-10-11-12-13-14-15-16-17-18-19-22-25-28-33-31(32)34-29-26-23-20-21-24-27-30(2)3/h13-14,30H,4-12,15-29H2,1-3H3/b14-13-. The third-order valence-electron chi connectivity index (χ3n) is 6.52. The van der Waals surface area contributed by atoms with E-state index in [0.717, 1.165) is 31.6 Å². The molecule has 0 unspecified atom stereocenters. The van der Waals surface area contributed by atoms with Crippen molar-refractivity contribution in [3.05, 3.63) is 12.2 Å². The predicted molar refractivity (Wildman–Crippen MR) is 149 cm³/mol. The normalized spacial score (nSPS) is 11.5. The van der Waals surface area contributed by atoms with Crippen molar-refractivity contribution in [3.63, 3.8) is 0 Å². The summed E-state index contributed by atoms with van der Waals surface area (Å²) in [5.74, 6) is 0.805. The van der Waals surface area contributed by atoms with Gasteiger partial charge >= 0.3 is 6.16 Å². The maximum Gasteiger partial charge on any atom is 0.508 e. The largest absolute Gasteiger partial charge is 0.508 e. The van der Waals surface area contributed by atoms with Crippen molar-refractivity contribution in [2.24, 2.45) is 5.92 Å². The van der Waals surface area contributed by atoms with Gasteiger partial charge in [0.05, 0.1) is 13.2 Å². The number of unbranched alkanes of at least 4 members (excludes halogenated alkanes) is 18. The number of hydrogen-bond donors (Lipinski definition) is 0. The van der Waals surface area contributed by atoms with Crippen LogP contribution in [0, 0.1) is 5.92 Å². The van der Waals surface area contributed by atoms with Gasteiger partial charge in [0.2, 0.25) is 0 Å². The molecule has 3 heteroatoms. The number of allylic oxidation sites excluding steroid dienone is 2. The molecule has 0 amide bonds. The molecule has 3 nitrogen and oxygen atoms in total. The summed E-state index contributed by atoms with van der Waals surface area (Å²) in [5.41, 5.74) is 0. The summed E-state index contributed by atoms with van der Waals surface area (Å²) in [7, 11) is 0. The molecule has 0 aromatic carbocycles. The molecule has 0 rings (SSSR count). The second kappa shape index (κ2) is 28.2. The van der Waals surface area contributed by atoms with Crippen molar-refractivity contribution in [1.29, 1.82) is 0 Å². The van der Waals surface area contributed by atoms with Gasteiger partial charge in [-0.15, -0.1) is 0 Å². The number of hydrogen-bond acceptors (Lipinski definition) is 3. The second-order valence-electron chi connectivity index (χ2n) is 10.5. The van der Waals surface area contributed by atoms with E-state index in [1.165, 1.54) is 116 Å². The average molecular weight is 481 g/mol. The summed E-state index contributed by atoms with van der Waals surface area (Å²) in [6.45, 7) is 7.83. The summed E-state index contributed by atoms with van der Waals surface area (Å²) in [5, 5.41) is 0. The third-order valence-corrected chi connectivity index (χ3v) is 6.52. The van der Waals surface area contributed by atoms with Crippen LogP contribution in [0.5, 0.6) is 0 Å². The van der Waals surface area contributed by atoms with Gasteiger partial charge in [-0.1, -0.05) is 136 Å². The fourth-order valence-electron chi connectivity index (χ4n) is 4.24. The molecule has 0 aromatic rings. The highest BCUT2D eigenvalue weighted by atomic mass is 16.7. The zero-order valence-corrected chi connectivity index (χ0v) is 23.4. The van der Waals surface area contributed by atoms with Crippen molar-refractivity contribution >= 4 is 6.16 Å². The quantitative estimate of drug-likeness (QED) is 0.0701. The van der Waals surface area contributed by atoms with Crippen LogP contribution in [0.25, 0.3) is 0 Å². The minimum atomic E-state index is -0.487. The maximum atomic E-state index is 11.6. The van der Waals surface area contributed by atoms with Gasteiger partial charge in [-0.05, 0) is 44.4 Å². The Morgan fingerprint density at radius 1 is 0.559 bits per heavy atom. The molecule has 0 aliphatic rings. The zero-order valence-electron chi connectivity index (χ0n) is 23.4. The van der Waals surface area contributed by atoms with E-state index in [-0.39, 0.29) is 0 Å². The molecule has 0 atom stereocenters. The lowest BCUT2D eigenvalue weighted by atomic mass is 10.0. The highest BCUT2D eigenvalue weighted by molar-refractivity contribution is 5.59. The van der Waals surface area contributed by atoms with Gasteiger partial charge in [0, 0.05) is 0 Å². The highest BCUT2D eigenvalue weighted by Crippen LogP contribution is 2.12. The molecule has 0 saturated heterocycles. The first kappa shape index (κ1) is 33.0. The minimum Gasteiger partial charge on any atom is -0.434 e. The van der Waals surface area contributed by atoms with Crippen molar-refractivity contribution in [2.75, 3.05) is 13.2 Å². The molecule has 0 N–H and O–H groups in total. The summed E-state index contributed by atoms with van der Waals surface area (Å²) in [6, 6.07) is 0. The Kier molecular flexibility index (Phi) is 27.4. The Bertz CT molecular complexity index is 430. The summed E-state index contributed by atoms with van der Waals surface area (Å²) >= 11 is 0. The van der Waals surface area contributed by atoms with Crippen molar-refractivity contribution in [3.8, 4) is 0 Å². The molecule has 202 valence electrons. The average Bonchev–Trinajstić information content (AvgIpc) is 2.82. The molecule has 0 bridgehead atoms. The molecule has 0 radical (unpaired) electrons. The predicted octanol–water partition coefficient (Wildman–Crippen LogP) is 11.0. The van der Waals surface area contributed by atoms with Crippen molar-refractivity contribution in [1.82, 2.24) is 0 Å². The smallest absolute Gasteiger partial charge is 0.434 e. The van der Waals surface area contributed by atoms with Crippen LogP contribution in [-0.2, 0) is 9.47 Å². The number of rotatable bonds is 26. The van der Waals surface area contributed by atoms with Crippen LogP contribution in [0.3, 0.4) is 0 Å². The van der Waals surface area contributed by atoms with E-state index in [4.69, 9.17) is 9.47 Å². The van der Waals surface area contributed by atoms with Crippen molar-refractivity contribution < 1.29 is 14.3 Å².